The van der Waals surface area contributed by atoms with E-state index >= 15 is 0 Å². The van der Waals surface area contributed by atoms with E-state index in [0.717, 1.165) is 19.2 Å². The number of rotatable bonds is 7. The van der Waals surface area contributed by atoms with E-state index in [0.29, 0.717) is 0 Å². The Bertz CT molecular complexity index is 699. The predicted molar refractivity (Wildman–Crippen MR) is 94.3 cm³/mol. The van der Waals surface area contributed by atoms with Gasteiger partial charge in [-0.05, 0) is 38.8 Å². The largest absolute Gasteiger partial charge is 0.465 e. The number of non-ortho nitro benzene ring substituents is 1. The Morgan fingerprint density at radius 3 is 2.41 bits per heavy atom. The quantitative estimate of drug-likeness (QED) is 0.365. The van der Waals surface area contributed by atoms with Gasteiger partial charge in [0.2, 0.25) is 0 Å². The van der Waals surface area contributed by atoms with E-state index in [1.165, 1.54) is 6.07 Å². The molecular weight excluding hydrogens is 360 g/mol. The number of methoxy groups -OCH3 is 1. The summed E-state index contributed by atoms with van der Waals surface area (Å²) in [5.74, 6) is -0.812. The Morgan fingerprint density at radius 1 is 1.26 bits per heavy atom. The van der Waals surface area contributed by atoms with Crippen molar-refractivity contribution in [2.24, 2.45) is 0 Å². The van der Waals surface area contributed by atoms with Gasteiger partial charge in [0.1, 0.15) is 11.7 Å². The second-order valence-electron chi connectivity index (χ2n) is 6.79. The molecule has 0 aliphatic heterocycles. The molecule has 0 fully saturated rings. The van der Waals surface area contributed by atoms with Crippen molar-refractivity contribution < 1.29 is 34.2 Å². The normalized spacial score (nSPS) is 13.4. The fourth-order valence-electron chi connectivity index (χ4n) is 2.16. The third-order valence-corrected chi connectivity index (χ3v) is 3.39. The molecule has 1 aromatic rings. The average Bonchev–Trinajstić information content (AvgIpc) is 2.58. The van der Waals surface area contributed by atoms with Crippen molar-refractivity contribution in [1.82, 2.24) is 5.32 Å². The fraction of sp³-hybridized carbons (Fsp3) is 0.529. The van der Waals surface area contributed by atoms with Gasteiger partial charge in [0.05, 0.1) is 23.7 Å². The number of amides is 1. The van der Waals surface area contributed by atoms with Gasteiger partial charge in [-0.2, -0.15) is 0 Å². The average molecular weight is 384 g/mol. The number of aliphatic hydroxyl groups is 2. The van der Waals surface area contributed by atoms with Crippen molar-refractivity contribution in [1.29, 1.82) is 0 Å². The predicted octanol–water partition coefficient (Wildman–Crippen LogP) is 1.69. The SMILES string of the molecule is COC(=O)c1cc(C(O)C(O)CCNC(=O)OC(C)(C)C)cc([N+](=O)[O-])c1. The highest BCUT2D eigenvalue weighted by Gasteiger charge is 2.24. The van der Waals surface area contributed by atoms with Crippen LogP contribution in [0.4, 0.5) is 10.5 Å². The summed E-state index contributed by atoms with van der Waals surface area (Å²) >= 11 is 0. The standard InChI is InChI=1S/C17H24N2O8/c1-17(2,3)27-16(23)18-6-5-13(20)14(21)10-7-11(15(22)26-4)9-12(8-10)19(24)25/h7-9,13-14,20-21H,5-6H2,1-4H3,(H,18,23). The lowest BCUT2D eigenvalue weighted by atomic mass is 9.99. The highest BCUT2D eigenvalue weighted by Crippen LogP contribution is 2.25. The summed E-state index contributed by atoms with van der Waals surface area (Å²) in [4.78, 5) is 33.5. The van der Waals surface area contributed by atoms with Crippen LogP contribution in [0.5, 0.6) is 0 Å². The molecule has 2 unspecified atom stereocenters. The number of carbonyl (C=O) groups excluding carboxylic acids is 2. The first kappa shape index (κ1) is 22.3. The molecule has 0 spiro atoms. The zero-order valence-electron chi connectivity index (χ0n) is 15.6. The van der Waals surface area contributed by atoms with Gasteiger partial charge in [-0.15, -0.1) is 0 Å². The Hall–Kier alpha value is -2.72. The molecular formula is C17H24N2O8. The third kappa shape index (κ3) is 7.19. The molecule has 0 saturated heterocycles. The number of carbonyl (C=O) groups is 2. The van der Waals surface area contributed by atoms with Crippen LogP contribution in [-0.2, 0) is 9.47 Å². The smallest absolute Gasteiger partial charge is 0.407 e. The van der Waals surface area contributed by atoms with Crippen molar-refractivity contribution in [3.05, 3.63) is 39.4 Å². The van der Waals surface area contributed by atoms with Crippen LogP contribution >= 0.6 is 0 Å². The maximum Gasteiger partial charge on any atom is 0.407 e. The van der Waals surface area contributed by atoms with Gasteiger partial charge < -0.3 is 25.0 Å². The molecule has 150 valence electrons. The van der Waals surface area contributed by atoms with Gasteiger partial charge in [0.25, 0.3) is 5.69 Å². The van der Waals surface area contributed by atoms with Crippen molar-refractivity contribution in [2.45, 2.75) is 45.0 Å². The zero-order chi connectivity index (χ0) is 20.8. The van der Waals surface area contributed by atoms with Crippen LogP contribution in [0.1, 0.15) is 49.2 Å². The number of esters is 1. The molecule has 0 radical (unpaired) electrons. The number of nitrogens with one attached hydrogen (secondary N) is 1. The molecule has 1 amide bonds. The summed E-state index contributed by atoms with van der Waals surface area (Å²) in [5.41, 5.74) is -1.24. The van der Waals surface area contributed by atoms with Crippen LogP contribution in [0, 0.1) is 10.1 Å². The van der Waals surface area contributed by atoms with E-state index in [4.69, 9.17) is 4.74 Å². The molecule has 0 bridgehead atoms. The van der Waals surface area contributed by atoms with Crippen molar-refractivity contribution in [3.8, 4) is 0 Å². The lowest BCUT2D eigenvalue weighted by Gasteiger charge is -2.21. The van der Waals surface area contributed by atoms with E-state index in [1.807, 2.05) is 0 Å². The molecule has 0 saturated carbocycles. The monoisotopic (exact) mass is 384 g/mol. The van der Waals surface area contributed by atoms with Gasteiger partial charge in [0, 0.05) is 18.7 Å². The van der Waals surface area contributed by atoms with E-state index in [2.05, 4.69) is 10.1 Å². The third-order valence-electron chi connectivity index (χ3n) is 3.39. The minimum Gasteiger partial charge on any atom is -0.465 e. The number of hydrogen-bond donors (Lipinski definition) is 3. The minimum absolute atomic E-state index is 0.00588. The Kier molecular flexibility index (Phi) is 7.68. The van der Waals surface area contributed by atoms with E-state index in [-0.39, 0.29) is 24.1 Å². The van der Waals surface area contributed by atoms with Gasteiger partial charge >= 0.3 is 12.1 Å². The van der Waals surface area contributed by atoms with Crippen molar-refractivity contribution in [3.63, 3.8) is 0 Å². The number of ether oxygens (including phenoxy) is 2. The Labute approximate surface area is 156 Å². The van der Waals surface area contributed by atoms with Crippen LogP contribution in [0.25, 0.3) is 0 Å². The molecule has 0 aromatic heterocycles. The first-order chi connectivity index (χ1) is 12.4. The van der Waals surface area contributed by atoms with E-state index in [1.54, 1.807) is 20.8 Å². The lowest BCUT2D eigenvalue weighted by Crippen LogP contribution is -2.34. The molecule has 2 atom stereocenters. The summed E-state index contributed by atoms with van der Waals surface area (Å²) in [6.07, 6.45) is -3.56. The summed E-state index contributed by atoms with van der Waals surface area (Å²) in [5, 5.41) is 33.8. The zero-order valence-corrected chi connectivity index (χ0v) is 15.6. The van der Waals surface area contributed by atoms with Crippen LogP contribution in [0.15, 0.2) is 18.2 Å². The van der Waals surface area contributed by atoms with E-state index < -0.39 is 40.5 Å². The highest BCUT2D eigenvalue weighted by atomic mass is 16.6. The summed E-state index contributed by atoms with van der Waals surface area (Å²) in [6, 6.07) is 3.27. The number of hydrogen-bond acceptors (Lipinski definition) is 8. The molecule has 1 rings (SSSR count). The Morgan fingerprint density at radius 2 is 1.89 bits per heavy atom. The fourth-order valence-corrected chi connectivity index (χ4v) is 2.16. The Balaban J connectivity index is 2.80. The molecule has 0 aliphatic rings. The number of nitro benzene ring substituents is 1. The van der Waals surface area contributed by atoms with Crippen molar-refractivity contribution >= 4 is 17.7 Å². The highest BCUT2D eigenvalue weighted by molar-refractivity contribution is 5.90. The van der Waals surface area contributed by atoms with E-state index in [9.17, 15) is 29.9 Å². The van der Waals surface area contributed by atoms with Crippen LogP contribution in [0.3, 0.4) is 0 Å². The number of aliphatic hydroxyl groups excluding tert-OH is 2. The maximum absolute atomic E-state index is 11.6. The van der Waals surface area contributed by atoms with Gasteiger partial charge in [0.15, 0.2) is 0 Å². The van der Waals surface area contributed by atoms with Crippen LogP contribution < -0.4 is 5.32 Å². The lowest BCUT2D eigenvalue weighted by molar-refractivity contribution is -0.385. The first-order valence-corrected chi connectivity index (χ1v) is 8.15. The molecule has 27 heavy (non-hydrogen) atoms. The molecule has 10 nitrogen and oxygen atoms in total. The maximum atomic E-state index is 11.6. The first-order valence-electron chi connectivity index (χ1n) is 8.15. The number of benzene rings is 1. The van der Waals surface area contributed by atoms with Crippen molar-refractivity contribution in [2.75, 3.05) is 13.7 Å². The molecule has 10 heteroatoms. The second kappa shape index (κ2) is 9.28. The summed E-state index contributed by atoms with van der Waals surface area (Å²) < 4.78 is 9.57. The molecule has 0 aliphatic carbocycles. The number of nitro groups is 1. The van der Waals surface area contributed by atoms with Crippen LogP contribution in [0.2, 0.25) is 0 Å². The summed E-state index contributed by atoms with van der Waals surface area (Å²) in [6.45, 7) is 5.11. The van der Waals surface area contributed by atoms with Crippen LogP contribution in [-0.4, -0.2) is 52.6 Å². The molecule has 0 heterocycles. The van der Waals surface area contributed by atoms with Gasteiger partial charge in [-0.25, -0.2) is 9.59 Å². The summed E-state index contributed by atoms with van der Waals surface area (Å²) in [7, 11) is 1.12. The minimum atomic E-state index is -1.51. The number of alkyl carbamates (subject to hydrolysis) is 1. The van der Waals surface area contributed by atoms with Gasteiger partial charge in [-0.1, -0.05) is 0 Å². The second-order valence-corrected chi connectivity index (χ2v) is 6.79. The topological polar surface area (TPSA) is 148 Å². The molecule has 1 aromatic carbocycles. The molecule has 3 N–H and O–H groups in total. The number of nitrogens with zero attached hydrogens (tertiary/aromatic N) is 1. The van der Waals surface area contributed by atoms with Gasteiger partial charge in [-0.3, -0.25) is 10.1 Å².